The lowest BCUT2D eigenvalue weighted by Crippen LogP contribution is -2.45. The molecule has 3 aromatic heterocycles. The molecule has 0 spiro atoms. The number of rotatable bonds is 5. The van der Waals surface area contributed by atoms with Gasteiger partial charge in [0, 0.05) is 30.9 Å². The third kappa shape index (κ3) is 2.96. The van der Waals surface area contributed by atoms with Crippen molar-refractivity contribution in [1.82, 2.24) is 24.4 Å². The predicted molar refractivity (Wildman–Crippen MR) is 105 cm³/mol. The molecule has 3 aliphatic rings. The van der Waals surface area contributed by atoms with Crippen LogP contribution in [0.1, 0.15) is 49.7 Å². The van der Waals surface area contributed by atoms with Gasteiger partial charge in [0.2, 0.25) is 0 Å². The van der Waals surface area contributed by atoms with E-state index in [9.17, 15) is 4.79 Å². The van der Waals surface area contributed by atoms with Crippen molar-refractivity contribution in [3.05, 3.63) is 35.9 Å². The van der Waals surface area contributed by atoms with Gasteiger partial charge in [-0.2, -0.15) is 9.90 Å². The first-order valence-electron chi connectivity index (χ1n) is 9.77. The van der Waals surface area contributed by atoms with E-state index < -0.39 is 0 Å². The number of aromatic nitrogens is 5. The molecule has 1 saturated carbocycles. The molecule has 2 saturated heterocycles. The highest BCUT2D eigenvalue weighted by molar-refractivity contribution is 6.05. The SMILES string of the molecule is CC(C)Oc1cc2nc(C34COC(C)(C3)C4)cn2cc1C(=O)Nc1cnn(C)n1. The molecule has 9 nitrogen and oxygen atoms in total. The number of imidazole rings is 1. The molecule has 0 atom stereocenters. The van der Waals surface area contributed by atoms with E-state index in [2.05, 4.69) is 22.4 Å². The topological polar surface area (TPSA) is 95.6 Å². The number of anilines is 1. The molecule has 1 amide bonds. The molecule has 0 unspecified atom stereocenters. The van der Waals surface area contributed by atoms with Crippen molar-refractivity contribution < 1.29 is 14.3 Å². The summed E-state index contributed by atoms with van der Waals surface area (Å²) in [5.74, 6) is 0.566. The first-order chi connectivity index (χ1) is 13.8. The summed E-state index contributed by atoms with van der Waals surface area (Å²) in [4.78, 5) is 19.2. The highest BCUT2D eigenvalue weighted by atomic mass is 16.5. The van der Waals surface area contributed by atoms with Gasteiger partial charge in [-0.15, -0.1) is 5.10 Å². The average Bonchev–Trinajstić information content (AvgIpc) is 3.36. The van der Waals surface area contributed by atoms with Gasteiger partial charge in [-0.25, -0.2) is 4.98 Å². The van der Waals surface area contributed by atoms with Crippen LogP contribution in [0, 0.1) is 0 Å². The normalized spacial score (nSPS) is 25.4. The number of aryl methyl sites for hydroxylation is 1. The molecule has 9 heteroatoms. The molecule has 0 aromatic carbocycles. The summed E-state index contributed by atoms with van der Waals surface area (Å²) in [6.07, 6.45) is 7.16. The smallest absolute Gasteiger partial charge is 0.262 e. The Morgan fingerprint density at radius 3 is 2.76 bits per heavy atom. The summed E-state index contributed by atoms with van der Waals surface area (Å²) >= 11 is 0. The van der Waals surface area contributed by atoms with Crippen LogP contribution >= 0.6 is 0 Å². The second-order valence-corrected chi connectivity index (χ2v) is 8.66. The summed E-state index contributed by atoms with van der Waals surface area (Å²) in [5, 5.41) is 10.9. The number of amides is 1. The molecule has 1 N–H and O–H groups in total. The van der Waals surface area contributed by atoms with Gasteiger partial charge in [0.05, 0.1) is 35.8 Å². The Morgan fingerprint density at radius 1 is 1.34 bits per heavy atom. The Morgan fingerprint density at radius 2 is 2.14 bits per heavy atom. The molecule has 1 aliphatic carbocycles. The van der Waals surface area contributed by atoms with Crippen molar-refractivity contribution in [3.8, 4) is 5.75 Å². The fourth-order valence-corrected chi connectivity index (χ4v) is 4.53. The third-order valence-corrected chi connectivity index (χ3v) is 5.67. The van der Waals surface area contributed by atoms with Crippen LogP contribution in [0.4, 0.5) is 5.82 Å². The Labute approximate surface area is 168 Å². The molecule has 2 aliphatic heterocycles. The largest absolute Gasteiger partial charge is 0.490 e. The Hall–Kier alpha value is -2.94. The first kappa shape index (κ1) is 18.1. The second-order valence-electron chi connectivity index (χ2n) is 8.66. The van der Waals surface area contributed by atoms with E-state index in [0.29, 0.717) is 23.7 Å². The Kier molecular flexibility index (Phi) is 3.76. The third-order valence-electron chi connectivity index (χ3n) is 5.67. The van der Waals surface area contributed by atoms with Crippen molar-refractivity contribution in [1.29, 1.82) is 0 Å². The minimum atomic E-state index is -0.308. The zero-order valence-electron chi connectivity index (χ0n) is 17.0. The monoisotopic (exact) mass is 396 g/mol. The number of pyridine rings is 1. The van der Waals surface area contributed by atoms with Gasteiger partial charge < -0.3 is 19.2 Å². The number of nitrogens with one attached hydrogen (secondary N) is 1. The lowest BCUT2D eigenvalue weighted by molar-refractivity contribution is 0.0154. The minimum absolute atomic E-state index is 0.0104. The maximum Gasteiger partial charge on any atom is 0.262 e. The van der Waals surface area contributed by atoms with E-state index in [0.717, 1.165) is 24.2 Å². The summed E-state index contributed by atoms with van der Waals surface area (Å²) in [6.45, 7) is 6.70. The highest BCUT2D eigenvalue weighted by Crippen LogP contribution is 2.58. The van der Waals surface area contributed by atoms with Crippen molar-refractivity contribution >= 4 is 17.4 Å². The Bertz CT molecular complexity index is 1110. The van der Waals surface area contributed by atoms with Crippen molar-refractivity contribution in [3.63, 3.8) is 0 Å². The zero-order valence-corrected chi connectivity index (χ0v) is 17.0. The van der Waals surface area contributed by atoms with Crippen LogP contribution in [0.25, 0.3) is 5.65 Å². The molecule has 0 radical (unpaired) electrons. The summed E-state index contributed by atoms with van der Waals surface area (Å²) < 4.78 is 13.7. The number of hydrogen-bond donors (Lipinski definition) is 1. The van der Waals surface area contributed by atoms with Gasteiger partial charge in [-0.05, 0) is 33.6 Å². The van der Waals surface area contributed by atoms with E-state index in [1.807, 2.05) is 30.5 Å². The van der Waals surface area contributed by atoms with Gasteiger partial charge in [0.15, 0.2) is 5.82 Å². The van der Waals surface area contributed by atoms with E-state index in [4.69, 9.17) is 14.5 Å². The Balaban J connectivity index is 1.52. The predicted octanol–water partition coefficient (Wildman–Crippen LogP) is 2.32. The van der Waals surface area contributed by atoms with Gasteiger partial charge in [0.1, 0.15) is 11.4 Å². The maximum atomic E-state index is 12.9. The second kappa shape index (κ2) is 6.03. The van der Waals surface area contributed by atoms with E-state index in [1.165, 1.54) is 11.0 Å². The van der Waals surface area contributed by atoms with Crippen molar-refractivity contribution in [2.45, 2.75) is 50.7 Å². The van der Waals surface area contributed by atoms with Gasteiger partial charge >= 0.3 is 0 Å². The minimum Gasteiger partial charge on any atom is -0.490 e. The van der Waals surface area contributed by atoms with Crippen LogP contribution < -0.4 is 10.1 Å². The number of carbonyl (C=O) groups excluding carboxylic acids is 1. The van der Waals surface area contributed by atoms with E-state index >= 15 is 0 Å². The summed E-state index contributed by atoms with van der Waals surface area (Å²) in [7, 11) is 1.69. The molecule has 29 heavy (non-hydrogen) atoms. The lowest BCUT2D eigenvalue weighted by atomic mass is 9.62. The van der Waals surface area contributed by atoms with Gasteiger partial charge in [-0.1, -0.05) is 0 Å². The highest BCUT2D eigenvalue weighted by Gasteiger charge is 2.61. The average molecular weight is 396 g/mol. The number of hydrogen-bond acceptors (Lipinski definition) is 6. The van der Waals surface area contributed by atoms with E-state index in [1.54, 1.807) is 13.2 Å². The zero-order chi connectivity index (χ0) is 20.4. The van der Waals surface area contributed by atoms with E-state index in [-0.39, 0.29) is 23.0 Å². The van der Waals surface area contributed by atoms with Crippen LogP contribution in [-0.2, 0) is 17.2 Å². The lowest BCUT2D eigenvalue weighted by Gasteiger charge is -2.41. The molecule has 3 aromatic rings. The van der Waals surface area contributed by atoms with Crippen molar-refractivity contribution in [2.75, 3.05) is 11.9 Å². The standard InChI is InChI=1S/C20H24N6O3/c1-12(2)29-14-5-17-22-15(20-9-19(3,10-20)28-11-20)8-26(17)7-13(14)18(27)23-16-6-21-25(4)24-16/h5-8,12H,9-11H2,1-4H3,(H,23,24,27). The first-order valence-corrected chi connectivity index (χ1v) is 9.77. The van der Waals surface area contributed by atoms with Crippen LogP contribution in [0.2, 0.25) is 0 Å². The molecule has 3 fully saturated rings. The molecule has 6 rings (SSSR count). The molecule has 2 bridgehead atoms. The van der Waals surface area contributed by atoms with Crippen LogP contribution in [0.3, 0.4) is 0 Å². The van der Waals surface area contributed by atoms with Crippen LogP contribution in [0.5, 0.6) is 5.75 Å². The molecular formula is C20H24N6O3. The van der Waals surface area contributed by atoms with Gasteiger partial charge in [-0.3, -0.25) is 4.79 Å². The summed E-state index contributed by atoms with van der Waals surface area (Å²) in [5.41, 5.74) is 2.15. The van der Waals surface area contributed by atoms with Gasteiger partial charge in [0.25, 0.3) is 5.91 Å². The van der Waals surface area contributed by atoms with Crippen LogP contribution in [-0.4, -0.2) is 48.6 Å². The van der Waals surface area contributed by atoms with Crippen molar-refractivity contribution in [2.24, 2.45) is 7.05 Å². The maximum absolute atomic E-state index is 12.9. The molecule has 152 valence electrons. The quantitative estimate of drug-likeness (QED) is 0.711. The summed E-state index contributed by atoms with van der Waals surface area (Å²) in [6, 6.07) is 1.82. The number of fused-ring (bicyclic) bond motifs is 2. The number of carbonyl (C=O) groups is 1. The molecule has 5 heterocycles. The fraction of sp³-hybridized carbons (Fsp3) is 0.500. The van der Waals surface area contributed by atoms with Crippen LogP contribution in [0.15, 0.2) is 24.7 Å². The number of ether oxygens (including phenoxy) is 2. The molecular weight excluding hydrogens is 372 g/mol. The number of nitrogens with zero attached hydrogens (tertiary/aromatic N) is 5. The fourth-order valence-electron chi connectivity index (χ4n) is 4.53.